The number of rotatable bonds is 4. The smallest absolute Gasteiger partial charge is 0.336 e. The van der Waals surface area contributed by atoms with E-state index in [1.807, 2.05) is 18.2 Å². The van der Waals surface area contributed by atoms with E-state index in [1.165, 1.54) is 0 Å². The Morgan fingerprint density at radius 1 is 1.18 bits per heavy atom. The number of aromatic nitrogens is 1. The van der Waals surface area contributed by atoms with Crippen molar-refractivity contribution in [1.82, 2.24) is 4.98 Å². The number of nitrogens with zero attached hydrogens (tertiary/aromatic N) is 1. The van der Waals surface area contributed by atoms with Crippen molar-refractivity contribution in [2.75, 3.05) is 0 Å². The minimum atomic E-state index is -0.986. The van der Waals surface area contributed by atoms with Crippen LogP contribution in [0.15, 0.2) is 46.9 Å². The zero-order valence-electron chi connectivity index (χ0n) is 12.5. The van der Waals surface area contributed by atoms with Gasteiger partial charge < -0.3 is 9.52 Å². The van der Waals surface area contributed by atoms with Crippen molar-refractivity contribution in [2.24, 2.45) is 5.92 Å². The van der Waals surface area contributed by atoms with Crippen LogP contribution in [0.1, 0.15) is 29.8 Å². The van der Waals surface area contributed by atoms with Crippen molar-refractivity contribution in [3.63, 3.8) is 0 Å². The SMILES string of the molecule is CC(C)Cc1cccc2nc(-c3ccccc3C(=O)O)oc12. The van der Waals surface area contributed by atoms with Crippen molar-refractivity contribution in [2.45, 2.75) is 20.3 Å². The fraction of sp³-hybridized carbons (Fsp3) is 0.222. The largest absolute Gasteiger partial charge is 0.478 e. The second-order valence-corrected chi connectivity index (χ2v) is 5.73. The third-order valence-corrected chi connectivity index (χ3v) is 3.51. The van der Waals surface area contributed by atoms with Gasteiger partial charge in [0, 0.05) is 0 Å². The molecule has 0 unspecified atom stereocenters. The van der Waals surface area contributed by atoms with Crippen molar-refractivity contribution < 1.29 is 14.3 Å². The van der Waals surface area contributed by atoms with Crippen LogP contribution in [-0.2, 0) is 6.42 Å². The number of aromatic carboxylic acids is 1. The number of carbonyl (C=O) groups is 1. The lowest BCUT2D eigenvalue weighted by atomic mass is 10.0. The van der Waals surface area contributed by atoms with Crippen LogP contribution in [0.3, 0.4) is 0 Å². The van der Waals surface area contributed by atoms with Gasteiger partial charge in [0.05, 0.1) is 11.1 Å². The monoisotopic (exact) mass is 295 g/mol. The lowest BCUT2D eigenvalue weighted by Gasteiger charge is -2.04. The van der Waals surface area contributed by atoms with Crippen molar-refractivity contribution in [3.8, 4) is 11.5 Å². The molecule has 0 aliphatic heterocycles. The third kappa shape index (κ3) is 2.60. The van der Waals surface area contributed by atoms with Crippen LogP contribution in [0.2, 0.25) is 0 Å². The second-order valence-electron chi connectivity index (χ2n) is 5.73. The Labute approximate surface area is 128 Å². The molecule has 0 saturated carbocycles. The summed E-state index contributed by atoms with van der Waals surface area (Å²) >= 11 is 0. The van der Waals surface area contributed by atoms with Crippen molar-refractivity contribution in [3.05, 3.63) is 53.6 Å². The highest BCUT2D eigenvalue weighted by atomic mass is 16.4. The maximum absolute atomic E-state index is 11.4. The molecule has 0 aliphatic rings. The van der Waals surface area contributed by atoms with Crippen LogP contribution < -0.4 is 0 Å². The number of benzene rings is 2. The fourth-order valence-electron chi connectivity index (χ4n) is 2.58. The average molecular weight is 295 g/mol. The second kappa shape index (κ2) is 5.64. The lowest BCUT2D eigenvalue weighted by Crippen LogP contribution is -1.98. The van der Waals surface area contributed by atoms with Gasteiger partial charge in [0.15, 0.2) is 5.58 Å². The van der Waals surface area contributed by atoms with Gasteiger partial charge in [-0.3, -0.25) is 0 Å². The first-order valence-corrected chi connectivity index (χ1v) is 7.27. The Balaban J connectivity index is 2.16. The molecule has 0 radical (unpaired) electrons. The first kappa shape index (κ1) is 14.3. The minimum absolute atomic E-state index is 0.194. The Hall–Kier alpha value is -2.62. The molecule has 0 atom stereocenters. The highest BCUT2D eigenvalue weighted by Crippen LogP contribution is 2.29. The Kier molecular flexibility index (Phi) is 3.67. The number of hydrogen-bond acceptors (Lipinski definition) is 3. The van der Waals surface area contributed by atoms with Gasteiger partial charge in [-0.1, -0.05) is 38.1 Å². The molecule has 3 aromatic rings. The molecule has 3 rings (SSSR count). The van der Waals surface area contributed by atoms with Crippen LogP contribution in [-0.4, -0.2) is 16.1 Å². The summed E-state index contributed by atoms with van der Waals surface area (Å²) in [4.78, 5) is 15.8. The van der Waals surface area contributed by atoms with E-state index in [4.69, 9.17) is 4.42 Å². The van der Waals surface area contributed by atoms with Crippen molar-refractivity contribution in [1.29, 1.82) is 0 Å². The van der Waals surface area contributed by atoms with Crippen molar-refractivity contribution >= 4 is 17.1 Å². The predicted molar refractivity (Wildman–Crippen MR) is 84.9 cm³/mol. The van der Waals surface area contributed by atoms with Gasteiger partial charge in [-0.15, -0.1) is 0 Å². The summed E-state index contributed by atoms with van der Waals surface area (Å²) in [5.41, 5.74) is 3.29. The highest BCUT2D eigenvalue weighted by Gasteiger charge is 2.17. The molecule has 2 aromatic carbocycles. The predicted octanol–water partition coefficient (Wildman–Crippen LogP) is 4.39. The summed E-state index contributed by atoms with van der Waals surface area (Å²) in [7, 11) is 0. The molecule has 0 bridgehead atoms. The van der Waals surface area contributed by atoms with Gasteiger partial charge in [-0.2, -0.15) is 0 Å². The van der Waals surface area contributed by atoms with Crippen LogP contribution in [0, 0.1) is 5.92 Å². The van der Waals surface area contributed by atoms with Gasteiger partial charge >= 0.3 is 5.97 Å². The van der Waals surface area contributed by atoms with Crippen LogP contribution in [0.4, 0.5) is 0 Å². The molecule has 0 fully saturated rings. The molecule has 0 amide bonds. The zero-order chi connectivity index (χ0) is 15.7. The molecular weight excluding hydrogens is 278 g/mol. The number of carboxylic acids is 1. The molecule has 112 valence electrons. The summed E-state index contributed by atoms with van der Waals surface area (Å²) in [6.45, 7) is 4.30. The Morgan fingerprint density at radius 3 is 2.68 bits per heavy atom. The van der Waals surface area contributed by atoms with Gasteiger partial charge in [0.2, 0.25) is 5.89 Å². The normalized spacial score (nSPS) is 11.2. The van der Waals surface area contributed by atoms with E-state index >= 15 is 0 Å². The number of carboxylic acid groups (broad SMARTS) is 1. The molecular formula is C18H17NO3. The zero-order valence-corrected chi connectivity index (χ0v) is 12.5. The van der Waals surface area contributed by atoms with Crippen LogP contribution >= 0.6 is 0 Å². The molecule has 4 heteroatoms. The average Bonchev–Trinajstić information content (AvgIpc) is 2.91. The molecule has 1 N–H and O–H groups in total. The van der Waals surface area contributed by atoms with Gasteiger partial charge in [0.1, 0.15) is 5.52 Å². The molecule has 0 spiro atoms. The summed E-state index contributed by atoms with van der Waals surface area (Å²) in [6.07, 6.45) is 0.895. The standard InChI is InChI=1S/C18H17NO3/c1-11(2)10-12-6-5-9-15-16(12)22-17(19-15)13-7-3-4-8-14(13)18(20)21/h3-9,11H,10H2,1-2H3,(H,20,21). The van der Waals surface area contributed by atoms with E-state index in [0.717, 1.165) is 23.1 Å². The Morgan fingerprint density at radius 2 is 1.95 bits per heavy atom. The first-order valence-electron chi connectivity index (χ1n) is 7.27. The minimum Gasteiger partial charge on any atom is -0.478 e. The van der Waals surface area contributed by atoms with E-state index in [-0.39, 0.29) is 5.56 Å². The maximum Gasteiger partial charge on any atom is 0.336 e. The van der Waals surface area contributed by atoms with Gasteiger partial charge in [-0.05, 0) is 36.1 Å². The Bertz CT molecular complexity index is 833. The molecule has 1 aromatic heterocycles. The van der Waals surface area contributed by atoms with Gasteiger partial charge in [-0.25, -0.2) is 9.78 Å². The summed E-state index contributed by atoms with van der Waals surface area (Å²) in [6, 6.07) is 12.6. The quantitative estimate of drug-likeness (QED) is 0.775. The topological polar surface area (TPSA) is 63.3 Å². The van der Waals surface area contributed by atoms with Crippen LogP contribution in [0.25, 0.3) is 22.6 Å². The third-order valence-electron chi connectivity index (χ3n) is 3.51. The van der Waals surface area contributed by atoms with E-state index in [0.29, 0.717) is 17.4 Å². The maximum atomic E-state index is 11.4. The number of fused-ring (bicyclic) bond motifs is 1. The number of para-hydroxylation sites is 1. The molecule has 4 nitrogen and oxygen atoms in total. The highest BCUT2D eigenvalue weighted by molar-refractivity contribution is 5.95. The molecule has 1 heterocycles. The van der Waals surface area contributed by atoms with Gasteiger partial charge in [0.25, 0.3) is 0 Å². The number of hydrogen-bond donors (Lipinski definition) is 1. The lowest BCUT2D eigenvalue weighted by molar-refractivity contribution is 0.0697. The van der Waals surface area contributed by atoms with E-state index in [9.17, 15) is 9.90 Å². The number of oxazole rings is 1. The van der Waals surface area contributed by atoms with E-state index < -0.39 is 5.97 Å². The molecule has 22 heavy (non-hydrogen) atoms. The molecule has 0 aliphatic carbocycles. The first-order chi connectivity index (χ1) is 10.6. The summed E-state index contributed by atoms with van der Waals surface area (Å²) in [5, 5.41) is 9.31. The van der Waals surface area contributed by atoms with E-state index in [1.54, 1.807) is 24.3 Å². The van der Waals surface area contributed by atoms with Crippen LogP contribution in [0.5, 0.6) is 0 Å². The van der Waals surface area contributed by atoms with E-state index in [2.05, 4.69) is 18.8 Å². The molecule has 0 saturated heterocycles. The summed E-state index contributed by atoms with van der Waals surface area (Å²) < 4.78 is 5.90. The summed E-state index contributed by atoms with van der Waals surface area (Å²) in [5.74, 6) is -0.130. The fourth-order valence-corrected chi connectivity index (χ4v) is 2.58.